The summed E-state index contributed by atoms with van der Waals surface area (Å²) in [5.74, 6) is 0.397. The van der Waals surface area contributed by atoms with E-state index in [0.29, 0.717) is 23.8 Å². The largest absolute Gasteiger partial charge is 0.333 e. The number of aliphatic imine (C=N–C) groups is 2. The molecule has 8 nitrogen and oxygen atoms in total. The molecule has 1 aliphatic rings. The highest BCUT2D eigenvalue weighted by atomic mass is 35.5. The number of nitrogens with zero attached hydrogens (tertiary/aromatic N) is 4. The molecule has 1 aromatic rings. The van der Waals surface area contributed by atoms with Gasteiger partial charge in [-0.05, 0) is 25.0 Å². The Balaban J connectivity index is 2.32. The van der Waals surface area contributed by atoms with Crippen molar-refractivity contribution in [1.82, 2.24) is 15.2 Å². The number of piperazine rings is 1. The van der Waals surface area contributed by atoms with E-state index in [2.05, 4.69) is 26.9 Å². The van der Waals surface area contributed by atoms with Gasteiger partial charge >= 0.3 is 0 Å². The van der Waals surface area contributed by atoms with Gasteiger partial charge in [0.25, 0.3) is 5.91 Å². The monoisotopic (exact) mass is 451 g/mol. The SMILES string of the molecule is C=C(Cl)N=C1/C(=C\C)NC(=NCc2ccc(S(=O)(=O)CC)cn2)C(=O)N1CC(C)C. The molecule has 2 rings (SSSR count). The molecule has 0 unspecified atom stereocenters. The van der Waals surface area contributed by atoms with Crippen molar-refractivity contribution in [2.45, 2.75) is 39.1 Å². The fourth-order valence-electron chi connectivity index (χ4n) is 2.70. The second-order valence-electron chi connectivity index (χ2n) is 7.00. The summed E-state index contributed by atoms with van der Waals surface area (Å²) in [6, 6.07) is 3.09. The van der Waals surface area contributed by atoms with Crippen molar-refractivity contribution in [2.24, 2.45) is 15.9 Å². The summed E-state index contributed by atoms with van der Waals surface area (Å²) < 4.78 is 23.8. The quantitative estimate of drug-likeness (QED) is 0.642. The van der Waals surface area contributed by atoms with Crippen LogP contribution in [-0.4, -0.2) is 48.2 Å². The summed E-state index contributed by atoms with van der Waals surface area (Å²) in [6.45, 7) is 11.5. The van der Waals surface area contributed by atoms with Crippen LogP contribution in [0.2, 0.25) is 0 Å². The summed E-state index contributed by atoms with van der Waals surface area (Å²) in [4.78, 5) is 27.4. The van der Waals surface area contributed by atoms with E-state index in [-0.39, 0.29) is 40.0 Å². The third kappa shape index (κ3) is 5.76. The predicted octanol–water partition coefficient (Wildman–Crippen LogP) is 2.87. The first-order valence-corrected chi connectivity index (χ1v) is 11.5. The van der Waals surface area contributed by atoms with Gasteiger partial charge in [-0.1, -0.05) is 45.0 Å². The Kier molecular flexibility index (Phi) is 7.91. The number of carbonyl (C=O) groups is 1. The molecule has 1 fully saturated rings. The van der Waals surface area contributed by atoms with Crippen LogP contribution < -0.4 is 5.32 Å². The topological polar surface area (TPSA) is 104 Å². The zero-order valence-electron chi connectivity index (χ0n) is 17.5. The van der Waals surface area contributed by atoms with Crippen LogP contribution in [0.1, 0.15) is 33.4 Å². The minimum atomic E-state index is -3.31. The Labute approximate surface area is 182 Å². The standard InChI is InChI=1S/C20H26ClN5O3S/c1-6-17-19(24-14(5)21)26(12-13(3)4)20(27)18(25-17)23-10-15-8-9-16(11-22-15)30(28,29)7-2/h6,8-9,11,13H,5,7,10,12H2,1-4H3,(H,23,25)/b17-6+,24-19?. The smallest absolute Gasteiger partial charge is 0.294 e. The van der Waals surface area contributed by atoms with E-state index in [1.54, 1.807) is 19.1 Å². The van der Waals surface area contributed by atoms with Crippen molar-refractivity contribution in [3.63, 3.8) is 0 Å². The number of amides is 1. The van der Waals surface area contributed by atoms with Crippen LogP contribution >= 0.6 is 11.6 Å². The molecule has 162 valence electrons. The molecular formula is C20H26ClN5O3S. The summed E-state index contributed by atoms with van der Waals surface area (Å²) in [7, 11) is -3.31. The Morgan fingerprint density at radius 1 is 1.40 bits per heavy atom. The molecule has 1 aromatic heterocycles. The lowest BCUT2D eigenvalue weighted by Gasteiger charge is -2.32. The Morgan fingerprint density at radius 2 is 2.10 bits per heavy atom. The van der Waals surface area contributed by atoms with Crippen LogP contribution in [0.15, 0.2) is 56.7 Å². The molecule has 0 radical (unpaired) electrons. The molecule has 0 bridgehead atoms. The average Bonchev–Trinajstić information content (AvgIpc) is 2.70. The van der Waals surface area contributed by atoms with Gasteiger partial charge in [0.1, 0.15) is 5.16 Å². The van der Waals surface area contributed by atoms with Crippen LogP contribution in [0.4, 0.5) is 0 Å². The number of amidine groups is 2. The summed E-state index contributed by atoms with van der Waals surface area (Å²) >= 11 is 5.86. The molecule has 0 aliphatic carbocycles. The van der Waals surface area contributed by atoms with Crippen LogP contribution in [0.25, 0.3) is 0 Å². The van der Waals surface area contributed by atoms with Gasteiger partial charge in [0, 0.05) is 12.7 Å². The highest BCUT2D eigenvalue weighted by Crippen LogP contribution is 2.16. The second-order valence-corrected chi connectivity index (χ2v) is 9.72. The Bertz CT molecular complexity index is 1010. The number of sulfone groups is 1. The molecule has 10 heteroatoms. The molecule has 0 saturated carbocycles. The number of pyridine rings is 1. The molecule has 30 heavy (non-hydrogen) atoms. The van der Waals surface area contributed by atoms with Gasteiger partial charge < -0.3 is 5.32 Å². The number of carbonyl (C=O) groups excluding carboxylic acids is 1. The molecule has 2 heterocycles. The minimum absolute atomic E-state index is 0.00514. The maximum absolute atomic E-state index is 13.0. The Hall–Kier alpha value is -2.52. The number of hydrogen-bond donors (Lipinski definition) is 1. The van der Waals surface area contributed by atoms with Crippen LogP contribution in [-0.2, 0) is 21.2 Å². The van der Waals surface area contributed by atoms with Crippen molar-refractivity contribution in [3.05, 3.63) is 47.5 Å². The van der Waals surface area contributed by atoms with Gasteiger partial charge in [-0.25, -0.2) is 13.4 Å². The predicted molar refractivity (Wildman–Crippen MR) is 119 cm³/mol. The van der Waals surface area contributed by atoms with Gasteiger partial charge in [-0.15, -0.1) is 0 Å². The molecule has 1 amide bonds. The number of aromatic nitrogens is 1. The van der Waals surface area contributed by atoms with E-state index in [0.717, 1.165) is 0 Å². The lowest BCUT2D eigenvalue weighted by molar-refractivity contribution is -0.121. The molecule has 0 aromatic carbocycles. The first-order chi connectivity index (χ1) is 14.1. The normalized spacial score (nSPS) is 19.1. The molecule has 1 N–H and O–H groups in total. The van der Waals surface area contributed by atoms with Crippen molar-refractivity contribution in [1.29, 1.82) is 0 Å². The van der Waals surface area contributed by atoms with Crippen molar-refractivity contribution in [2.75, 3.05) is 12.3 Å². The number of hydrogen-bond acceptors (Lipinski definition) is 6. The average molecular weight is 452 g/mol. The van der Waals surface area contributed by atoms with E-state index in [1.807, 2.05) is 20.8 Å². The molecule has 0 spiro atoms. The van der Waals surface area contributed by atoms with Crippen molar-refractivity contribution in [3.8, 4) is 0 Å². The molecule has 1 saturated heterocycles. The fourth-order valence-corrected chi connectivity index (χ4v) is 3.60. The zero-order valence-corrected chi connectivity index (χ0v) is 19.1. The third-order valence-corrected chi connectivity index (χ3v) is 6.00. The Morgan fingerprint density at radius 3 is 2.60 bits per heavy atom. The van der Waals surface area contributed by atoms with Gasteiger partial charge in [-0.2, -0.15) is 0 Å². The molecule has 1 aliphatic heterocycles. The number of nitrogens with one attached hydrogen (secondary N) is 1. The lowest BCUT2D eigenvalue weighted by atomic mass is 10.1. The summed E-state index contributed by atoms with van der Waals surface area (Å²) in [5.41, 5.74) is 1.13. The summed E-state index contributed by atoms with van der Waals surface area (Å²) in [6.07, 6.45) is 3.08. The van der Waals surface area contributed by atoms with E-state index < -0.39 is 9.84 Å². The second kappa shape index (κ2) is 9.99. The molecule has 0 atom stereocenters. The van der Waals surface area contributed by atoms with Gasteiger partial charge in [-0.3, -0.25) is 19.7 Å². The number of halogens is 1. The van der Waals surface area contributed by atoms with Crippen LogP contribution in [0.3, 0.4) is 0 Å². The van der Waals surface area contributed by atoms with E-state index >= 15 is 0 Å². The minimum Gasteiger partial charge on any atom is -0.333 e. The molecular weight excluding hydrogens is 426 g/mol. The zero-order chi connectivity index (χ0) is 22.5. The number of rotatable bonds is 7. The highest BCUT2D eigenvalue weighted by Gasteiger charge is 2.33. The third-order valence-electron chi connectivity index (χ3n) is 4.20. The van der Waals surface area contributed by atoms with Gasteiger partial charge in [0.05, 0.1) is 28.6 Å². The number of allylic oxidation sites excluding steroid dienone is 1. The first kappa shape index (κ1) is 23.8. The van der Waals surface area contributed by atoms with E-state index in [9.17, 15) is 13.2 Å². The van der Waals surface area contributed by atoms with Crippen molar-refractivity contribution >= 4 is 39.0 Å². The lowest BCUT2D eigenvalue weighted by Crippen LogP contribution is -2.55. The van der Waals surface area contributed by atoms with Crippen LogP contribution in [0.5, 0.6) is 0 Å². The van der Waals surface area contributed by atoms with E-state index in [4.69, 9.17) is 11.6 Å². The van der Waals surface area contributed by atoms with Crippen LogP contribution in [0, 0.1) is 5.92 Å². The van der Waals surface area contributed by atoms with Gasteiger partial charge in [0.15, 0.2) is 21.5 Å². The van der Waals surface area contributed by atoms with Gasteiger partial charge in [0.2, 0.25) is 0 Å². The van der Waals surface area contributed by atoms with E-state index in [1.165, 1.54) is 17.2 Å². The van der Waals surface area contributed by atoms with Crippen molar-refractivity contribution < 1.29 is 13.2 Å². The summed E-state index contributed by atoms with van der Waals surface area (Å²) in [5, 5.41) is 3.06. The fraction of sp³-hybridized carbons (Fsp3) is 0.400. The maximum atomic E-state index is 13.0. The maximum Gasteiger partial charge on any atom is 0.294 e. The highest BCUT2D eigenvalue weighted by molar-refractivity contribution is 7.91. The first-order valence-electron chi connectivity index (χ1n) is 9.49.